The number of aromatic nitrogens is 1. The Labute approximate surface area is 79.1 Å². The smallest absolute Gasteiger partial charge is 0.210 e. The van der Waals surface area contributed by atoms with Crippen molar-refractivity contribution in [1.82, 2.24) is 4.98 Å². The summed E-state index contributed by atoms with van der Waals surface area (Å²) >= 11 is 0. The van der Waals surface area contributed by atoms with Crippen LogP contribution in [0, 0.1) is 10.4 Å². The van der Waals surface area contributed by atoms with Crippen LogP contribution in [0.25, 0.3) is 10.8 Å². The van der Waals surface area contributed by atoms with Crippen molar-refractivity contribution < 1.29 is 10.0 Å². The number of nitrogens with zero attached hydrogens (tertiary/aromatic N) is 1. The van der Waals surface area contributed by atoms with Crippen LogP contribution in [0.3, 0.4) is 0 Å². The van der Waals surface area contributed by atoms with E-state index >= 15 is 0 Å². The van der Waals surface area contributed by atoms with E-state index in [9.17, 15) is 15.5 Å². The summed E-state index contributed by atoms with van der Waals surface area (Å²) in [7, 11) is 0. The monoisotopic (exact) mass is 191 g/mol. The van der Waals surface area contributed by atoms with Gasteiger partial charge in [0.15, 0.2) is 5.88 Å². The lowest BCUT2D eigenvalue weighted by molar-refractivity contribution is -0.372. The molecule has 0 saturated heterocycles. The van der Waals surface area contributed by atoms with Gasteiger partial charge in [-0.1, -0.05) is 18.2 Å². The largest absolute Gasteiger partial charge is 0.612 e. The molecule has 0 spiro atoms. The third kappa shape index (κ3) is 1.24. The van der Waals surface area contributed by atoms with Crippen LogP contribution in [0.5, 0.6) is 5.88 Å². The number of hydrogen-bond donors (Lipinski definition) is 2. The number of aromatic amines is 1. The predicted molar refractivity (Wildman–Crippen MR) is 52.1 cm³/mol. The summed E-state index contributed by atoms with van der Waals surface area (Å²) in [5, 5.41) is 31.2. The molecule has 2 N–H and O–H groups in total. The minimum atomic E-state index is -0.558. The maximum absolute atomic E-state index is 10.3. The molecule has 0 fully saturated rings. The summed E-state index contributed by atoms with van der Waals surface area (Å²) in [6, 6.07) is 6.91. The molecule has 0 atom stereocenters. The predicted octanol–water partition coefficient (Wildman–Crippen LogP) is 1.30. The Hall–Kier alpha value is -2.17. The zero-order valence-electron chi connectivity index (χ0n) is 7.10. The standard InChI is InChI=1S/C9H7N2O3/c12-9-7-4-2-1-3-6(7)8(10-9)5-11(13)14/h1-5,10H,(H-,12,13,14)/q-1. The maximum atomic E-state index is 10.3. The fourth-order valence-electron chi connectivity index (χ4n) is 1.39. The first kappa shape index (κ1) is 8.43. The van der Waals surface area contributed by atoms with Crippen LogP contribution >= 0.6 is 0 Å². The third-order valence-electron chi connectivity index (χ3n) is 1.96. The zero-order valence-corrected chi connectivity index (χ0v) is 7.10. The highest BCUT2D eigenvalue weighted by molar-refractivity contribution is 6.00. The van der Waals surface area contributed by atoms with Crippen molar-refractivity contribution in [3.63, 3.8) is 0 Å². The Morgan fingerprint density at radius 3 is 2.50 bits per heavy atom. The number of benzene rings is 1. The molecule has 72 valence electrons. The van der Waals surface area contributed by atoms with Crippen LogP contribution in [-0.2, 0) is 0 Å². The molecule has 5 heteroatoms. The van der Waals surface area contributed by atoms with Crippen molar-refractivity contribution in [1.29, 1.82) is 0 Å². The summed E-state index contributed by atoms with van der Waals surface area (Å²) in [6.07, 6.45) is 0.835. The Balaban J connectivity index is 2.73. The molecule has 0 aliphatic heterocycles. The first-order chi connectivity index (χ1) is 6.68. The average molecular weight is 191 g/mol. The van der Waals surface area contributed by atoms with E-state index in [0.717, 1.165) is 6.21 Å². The molecule has 0 saturated carbocycles. The molecule has 0 aliphatic rings. The van der Waals surface area contributed by atoms with E-state index < -0.39 is 4.90 Å². The van der Waals surface area contributed by atoms with E-state index in [1.54, 1.807) is 24.3 Å². The van der Waals surface area contributed by atoms with Gasteiger partial charge in [0.2, 0.25) is 6.21 Å². The number of nitrogens with one attached hydrogen (secondary N) is 1. The van der Waals surface area contributed by atoms with E-state index in [4.69, 9.17) is 0 Å². The topological polar surface area (TPSA) is 85.1 Å². The highest BCUT2D eigenvalue weighted by atomic mass is 16.8. The summed E-state index contributed by atoms with van der Waals surface area (Å²) < 4.78 is 0. The van der Waals surface area contributed by atoms with E-state index in [0.29, 0.717) is 16.5 Å². The van der Waals surface area contributed by atoms with Crippen molar-refractivity contribution in [3.8, 4) is 5.88 Å². The van der Waals surface area contributed by atoms with Gasteiger partial charge in [0.05, 0.1) is 0 Å². The molecule has 0 bridgehead atoms. The van der Waals surface area contributed by atoms with E-state index in [-0.39, 0.29) is 5.88 Å². The van der Waals surface area contributed by atoms with Gasteiger partial charge in [-0.05, 0) is 6.07 Å². The van der Waals surface area contributed by atoms with Gasteiger partial charge in [0, 0.05) is 10.8 Å². The van der Waals surface area contributed by atoms with Crippen LogP contribution < -0.4 is 0 Å². The second kappa shape index (κ2) is 2.95. The molecule has 0 unspecified atom stereocenters. The fourth-order valence-corrected chi connectivity index (χ4v) is 1.39. The molecule has 14 heavy (non-hydrogen) atoms. The Morgan fingerprint density at radius 2 is 1.86 bits per heavy atom. The summed E-state index contributed by atoms with van der Waals surface area (Å²) in [5.74, 6) is -0.0475. The number of aromatic hydroxyl groups is 1. The SMILES string of the molecule is [O-][N+]([O-])=Cc1[nH]c(O)c2ccccc12. The molecular formula is C9H7N2O3-. The lowest BCUT2D eigenvalue weighted by Gasteiger charge is -2.00. The quantitative estimate of drug-likeness (QED) is 0.404. The number of rotatable bonds is 1. The second-order valence-electron chi connectivity index (χ2n) is 2.85. The maximum Gasteiger partial charge on any atom is 0.210 e. The van der Waals surface area contributed by atoms with Gasteiger partial charge in [-0.25, -0.2) is 0 Å². The summed E-state index contributed by atoms with van der Waals surface area (Å²) in [5.41, 5.74) is 0.308. The molecule has 0 radical (unpaired) electrons. The molecule has 1 aromatic heterocycles. The number of H-pyrrole nitrogens is 1. The Bertz CT molecular complexity index is 498. The van der Waals surface area contributed by atoms with Crippen LogP contribution in [0.2, 0.25) is 0 Å². The van der Waals surface area contributed by atoms with Gasteiger partial charge in [0.1, 0.15) is 5.69 Å². The van der Waals surface area contributed by atoms with E-state index in [2.05, 4.69) is 4.98 Å². The molecule has 0 amide bonds. The molecule has 2 rings (SSSR count). The molecule has 0 aliphatic carbocycles. The van der Waals surface area contributed by atoms with Crippen molar-refractivity contribution in [2.45, 2.75) is 0 Å². The van der Waals surface area contributed by atoms with Gasteiger partial charge in [0.25, 0.3) is 0 Å². The van der Waals surface area contributed by atoms with Crippen molar-refractivity contribution in [2.75, 3.05) is 0 Å². The van der Waals surface area contributed by atoms with Gasteiger partial charge in [-0.15, -0.1) is 0 Å². The van der Waals surface area contributed by atoms with Crippen LogP contribution in [0.4, 0.5) is 0 Å². The first-order valence-corrected chi connectivity index (χ1v) is 3.96. The van der Waals surface area contributed by atoms with Gasteiger partial charge in [-0.3, -0.25) is 0 Å². The second-order valence-corrected chi connectivity index (χ2v) is 2.85. The Morgan fingerprint density at radius 1 is 1.21 bits per heavy atom. The summed E-state index contributed by atoms with van der Waals surface area (Å²) in [4.78, 5) is 1.98. The molecule has 1 aromatic carbocycles. The number of hydrogen-bond acceptors (Lipinski definition) is 3. The van der Waals surface area contributed by atoms with Crippen LogP contribution in [0.15, 0.2) is 24.3 Å². The normalized spacial score (nSPS) is 10.3. The van der Waals surface area contributed by atoms with Crippen molar-refractivity contribution in [2.24, 2.45) is 0 Å². The number of fused-ring (bicyclic) bond motifs is 1. The van der Waals surface area contributed by atoms with Gasteiger partial charge < -0.3 is 20.5 Å². The van der Waals surface area contributed by atoms with Crippen molar-refractivity contribution in [3.05, 3.63) is 40.4 Å². The van der Waals surface area contributed by atoms with Gasteiger partial charge >= 0.3 is 0 Å². The average Bonchev–Trinajstić information content (AvgIpc) is 2.44. The Kier molecular flexibility index (Phi) is 1.78. The lowest BCUT2D eigenvalue weighted by atomic mass is 10.2. The molecule has 1 heterocycles. The van der Waals surface area contributed by atoms with Crippen molar-refractivity contribution >= 4 is 17.0 Å². The minimum absolute atomic E-state index is 0.0475. The molecular weight excluding hydrogens is 184 g/mol. The molecule has 2 aromatic rings. The highest BCUT2D eigenvalue weighted by Crippen LogP contribution is 2.25. The third-order valence-corrected chi connectivity index (χ3v) is 1.96. The van der Waals surface area contributed by atoms with Crippen LogP contribution in [0.1, 0.15) is 5.69 Å². The first-order valence-electron chi connectivity index (χ1n) is 3.96. The zero-order chi connectivity index (χ0) is 10.1. The molecule has 5 nitrogen and oxygen atoms in total. The van der Waals surface area contributed by atoms with Gasteiger partial charge in [-0.2, -0.15) is 4.90 Å². The van der Waals surface area contributed by atoms with E-state index in [1.165, 1.54) is 0 Å². The van der Waals surface area contributed by atoms with Crippen LogP contribution in [-0.4, -0.2) is 21.2 Å². The lowest BCUT2D eigenvalue weighted by Crippen LogP contribution is -1.95. The summed E-state index contributed by atoms with van der Waals surface area (Å²) in [6.45, 7) is 0. The highest BCUT2D eigenvalue weighted by Gasteiger charge is 2.08. The fraction of sp³-hybridized carbons (Fsp3) is 0. The minimum Gasteiger partial charge on any atom is -0.612 e. The van der Waals surface area contributed by atoms with E-state index in [1.807, 2.05) is 0 Å².